The summed E-state index contributed by atoms with van der Waals surface area (Å²) in [7, 11) is 1.77. The van der Waals surface area contributed by atoms with Crippen molar-refractivity contribution in [3.63, 3.8) is 0 Å². The van der Waals surface area contributed by atoms with Crippen LogP contribution in [0.15, 0.2) is 0 Å². The minimum atomic E-state index is -0.785. The molecule has 5 nitrogen and oxygen atoms in total. The zero-order valence-electron chi connectivity index (χ0n) is 11.3. The van der Waals surface area contributed by atoms with Gasteiger partial charge in [-0.1, -0.05) is 6.92 Å². The molecule has 6 heteroatoms. The van der Waals surface area contributed by atoms with Crippen molar-refractivity contribution in [2.75, 3.05) is 38.7 Å². The number of hydrogen-bond acceptors (Lipinski definition) is 3. The van der Waals surface area contributed by atoms with Crippen LogP contribution in [0.2, 0.25) is 0 Å². The second-order valence-corrected chi connectivity index (χ2v) is 5.79. The van der Waals surface area contributed by atoms with Crippen molar-refractivity contribution in [1.82, 2.24) is 9.80 Å². The van der Waals surface area contributed by atoms with Crippen LogP contribution < -0.4 is 0 Å². The molecule has 0 saturated carbocycles. The molecule has 0 aromatic rings. The van der Waals surface area contributed by atoms with Crippen LogP contribution in [0.5, 0.6) is 0 Å². The van der Waals surface area contributed by atoms with Gasteiger partial charge in [0.05, 0.1) is 5.41 Å². The minimum Gasteiger partial charge on any atom is -0.481 e. The van der Waals surface area contributed by atoms with E-state index in [9.17, 15) is 14.7 Å². The molecule has 0 spiro atoms. The number of thioether (sulfide) groups is 1. The zero-order valence-corrected chi connectivity index (χ0v) is 12.1. The van der Waals surface area contributed by atoms with Gasteiger partial charge in [0.2, 0.25) is 0 Å². The topological polar surface area (TPSA) is 60.9 Å². The lowest BCUT2D eigenvalue weighted by atomic mass is 9.84. The van der Waals surface area contributed by atoms with Gasteiger partial charge in [0, 0.05) is 32.4 Å². The largest absolute Gasteiger partial charge is 0.481 e. The number of carbonyl (C=O) groups excluding carboxylic acids is 1. The first kappa shape index (κ1) is 15.1. The summed E-state index contributed by atoms with van der Waals surface area (Å²) in [4.78, 5) is 26.8. The van der Waals surface area contributed by atoms with E-state index in [1.807, 2.05) is 13.2 Å². The Hall–Kier alpha value is -0.910. The second-order valence-electron chi connectivity index (χ2n) is 4.81. The van der Waals surface area contributed by atoms with Crippen LogP contribution >= 0.6 is 11.8 Å². The van der Waals surface area contributed by atoms with E-state index in [0.717, 1.165) is 5.75 Å². The van der Waals surface area contributed by atoms with Crippen molar-refractivity contribution >= 4 is 23.8 Å². The third kappa shape index (κ3) is 3.10. The fourth-order valence-corrected chi connectivity index (χ4v) is 2.67. The van der Waals surface area contributed by atoms with Crippen molar-refractivity contribution in [3.05, 3.63) is 0 Å². The maximum atomic E-state index is 12.1. The zero-order chi connectivity index (χ0) is 13.8. The lowest BCUT2D eigenvalue weighted by molar-refractivity contribution is -0.148. The highest BCUT2D eigenvalue weighted by Gasteiger charge is 2.45. The highest BCUT2D eigenvalue weighted by Crippen LogP contribution is 2.34. The Kier molecular flexibility index (Phi) is 5.31. The lowest BCUT2D eigenvalue weighted by Crippen LogP contribution is -2.43. The van der Waals surface area contributed by atoms with Gasteiger partial charge in [0.25, 0.3) is 0 Å². The smallest absolute Gasteiger partial charge is 0.319 e. The van der Waals surface area contributed by atoms with E-state index in [0.29, 0.717) is 32.5 Å². The Morgan fingerprint density at radius 1 is 1.50 bits per heavy atom. The molecule has 0 aromatic heterocycles. The molecule has 0 aromatic carbocycles. The average molecular weight is 274 g/mol. The van der Waals surface area contributed by atoms with Crippen LogP contribution in [0.3, 0.4) is 0 Å². The molecule has 18 heavy (non-hydrogen) atoms. The number of carbonyl (C=O) groups is 2. The first-order valence-electron chi connectivity index (χ1n) is 6.19. The lowest BCUT2D eigenvalue weighted by Gasteiger charge is -2.26. The van der Waals surface area contributed by atoms with Crippen LogP contribution in [0, 0.1) is 5.41 Å². The van der Waals surface area contributed by atoms with Crippen LogP contribution in [0.1, 0.15) is 19.8 Å². The van der Waals surface area contributed by atoms with Crippen LogP contribution in [-0.4, -0.2) is 65.6 Å². The van der Waals surface area contributed by atoms with Gasteiger partial charge in [-0.3, -0.25) is 4.79 Å². The second kappa shape index (κ2) is 6.31. The van der Waals surface area contributed by atoms with E-state index in [-0.39, 0.29) is 6.03 Å². The van der Waals surface area contributed by atoms with Gasteiger partial charge in [0.1, 0.15) is 0 Å². The number of carboxylic acids is 1. The number of aliphatic carboxylic acids is 1. The van der Waals surface area contributed by atoms with Crippen molar-refractivity contribution in [2.24, 2.45) is 5.41 Å². The summed E-state index contributed by atoms with van der Waals surface area (Å²) in [6, 6.07) is -0.0550. The molecular formula is C12H22N2O3S. The number of carboxylic acid groups (broad SMARTS) is 1. The molecule has 1 aliphatic rings. The summed E-state index contributed by atoms with van der Waals surface area (Å²) in [5.41, 5.74) is -0.740. The number of nitrogens with zero attached hydrogens (tertiary/aromatic N) is 2. The monoisotopic (exact) mass is 274 g/mol. The Labute approximate surface area is 113 Å². The number of hydrogen-bond donors (Lipinski definition) is 1. The minimum absolute atomic E-state index is 0.0550. The fraction of sp³-hybridized carbons (Fsp3) is 0.833. The molecule has 1 heterocycles. The predicted molar refractivity (Wildman–Crippen MR) is 73.0 cm³/mol. The molecule has 1 fully saturated rings. The van der Waals surface area contributed by atoms with Gasteiger partial charge in [-0.05, 0) is 19.1 Å². The summed E-state index contributed by atoms with van der Waals surface area (Å²) < 4.78 is 0. The molecule has 1 atom stereocenters. The first-order valence-corrected chi connectivity index (χ1v) is 7.58. The molecule has 0 radical (unpaired) electrons. The van der Waals surface area contributed by atoms with E-state index in [2.05, 4.69) is 0 Å². The molecule has 0 aliphatic carbocycles. The van der Waals surface area contributed by atoms with Crippen LogP contribution in [-0.2, 0) is 4.79 Å². The molecular weight excluding hydrogens is 252 g/mol. The Bertz CT molecular complexity index is 324. The van der Waals surface area contributed by atoms with E-state index in [4.69, 9.17) is 0 Å². The van der Waals surface area contributed by atoms with Gasteiger partial charge < -0.3 is 14.9 Å². The van der Waals surface area contributed by atoms with Gasteiger partial charge in [0.15, 0.2) is 0 Å². The van der Waals surface area contributed by atoms with E-state index in [1.54, 1.807) is 28.6 Å². The Balaban J connectivity index is 2.60. The van der Waals surface area contributed by atoms with Gasteiger partial charge >= 0.3 is 12.0 Å². The predicted octanol–water partition coefficient (Wildman–Crippen LogP) is 1.59. The molecule has 1 rings (SSSR count). The number of amides is 2. The Morgan fingerprint density at radius 3 is 2.61 bits per heavy atom. The number of likely N-dealkylation sites (tertiary alicyclic amines) is 1. The summed E-state index contributed by atoms with van der Waals surface area (Å²) in [5.74, 6) is 0.112. The molecule has 104 valence electrons. The van der Waals surface area contributed by atoms with Crippen molar-refractivity contribution < 1.29 is 14.7 Å². The van der Waals surface area contributed by atoms with Crippen LogP contribution in [0.4, 0.5) is 4.79 Å². The van der Waals surface area contributed by atoms with Gasteiger partial charge in [-0.2, -0.15) is 11.8 Å². The summed E-state index contributed by atoms with van der Waals surface area (Å²) in [6.45, 7) is 3.45. The van der Waals surface area contributed by atoms with Gasteiger partial charge in [-0.25, -0.2) is 4.79 Å². The normalized spacial score (nSPS) is 23.2. The average Bonchev–Trinajstić information content (AvgIpc) is 2.80. The SMILES string of the molecule is CCC1(C(=O)O)CCN(C(=O)N(C)CCSC)C1. The van der Waals surface area contributed by atoms with E-state index in [1.165, 1.54) is 0 Å². The summed E-state index contributed by atoms with van der Waals surface area (Å²) >= 11 is 1.69. The van der Waals surface area contributed by atoms with Crippen molar-refractivity contribution in [3.8, 4) is 0 Å². The fourth-order valence-electron chi connectivity index (χ4n) is 2.22. The number of urea groups is 1. The molecule has 2 amide bonds. The third-order valence-corrected chi connectivity index (χ3v) is 4.30. The maximum Gasteiger partial charge on any atom is 0.319 e. The molecule has 0 bridgehead atoms. The molecule has 1 unspecified atom stereocenters. The first-order chi connectivity index (χ1) is 8.46. The quantitative estimate of drug-likeness (QED) is 0.827. The highest BCUT2D eigenvalue weighted by atomic mass is 32.2. The standard InChI is InChI=1S/C12H22N2O3S/c1-4-12(10(15)16)5-6-14(9-12)11(17)13(2)7-8-18-3/h4-9H2,1-3H3,(H,15,16). The summed E-state index contributed by atoms with van der Waals surface area (Å²) in [5, 5.41) is 9.29. The summed E-state index contributed by atoms with van der Waals surface area (Å²) in [6.07, 6.45) is 3.13. The van der Waals surface area contributed by atoms with E-state index >= 15 is 0 Å². The maximum absolute atomic E-state index is 12.1. The van der Waals surface area contributed by atoms with Gasteiger partial charge in [-0.15, -0.1) is 0 Å². The van der Waals surface area contributed by atoms with Crippen molar-refractivity contribution in [1.29, 1.82) is 0 Å². The third-order valence-electron chi connectivity index (χ3n) is 3.71. The molecule has 1 saturated heterocycles. The molecule has 1 aliphatic heterocycles. The van der Waals surface area contributed by atoms with E-state index < -0.39 is 11.4 Å². The highest BCUT2D eigenvalue weighted by molar-refractivity contribution is 7.98. The van der Waals surface area contributed by atoms with Crippen molar-refractivity contribution in [2.45, 2.75) is 19.8 Å². The Morgan fingerprint density at radius 2 is 2.17 bits per heavy atom. The molecule has 1 N–H and O–H groups in total. The van der Waals surface area contributed by atoms with Crippen LogP contribution in [0.25, 0.3) is 0 Å². The number of rotatable bonds is 5.